The predicted molar refractivity (Wildman–Crippen MR) is 65.4 cm³/mol. The first kappa shape index (κ1) is 15.3. The number of hydrogen-bond acceptors (Lipinski definition) is 2. The van der Waals surface area contributed by atoms with Crippen LogP contribution in [0.3, 0.4) is 0 Å². The lowest BCUT2D eigenvalue weighted by Gasteiger charge is -2.33. The van der Waals surface area contributed by atoms with Crippen LogP contribution < -0.4 is 5.32 Å². The van der Waals surface area contributed by atoms with Gasteiger partial charge in [-0.2, -0.15) is 0 Å². The first-order valence-electron chi connectivity index (χ1n) is 4.50. The highest BCUT2D eigenvalue weighted by molar-refractivity contribution is 6.68. The summed E-state index contributed by atoms with van der Waals surface area (Å²) in [5.41, 5.74) is -0.510. The van der Waals surface area contributed by atoms with Crippen LogP contribution in [0.1, 0.15) is 20.8 Å². The second-order valence-electron chi connectivity index (χ2n) is 4.63. The summed E-state index contributed by atoms with van der Waals surface area (Å²) < 4.78 is -1.55. The molecule has 0 unspecified atom stereocenters. The second-order valence-corrected chi connectivity index (χ2v) is 7.00. The molecule has 90 valence electrons. The van der Waals surface area contributed by atoms with Crippen molar-refractivity contribution >= 4 is 40.7 Å². The van der Waals surface area contributed by atoms with Gasteiger partial charge < -0.3 is 5.32 Å². The molecule has 0 aromatic heterocycles. The minimum Gasteiger partial charge on any atom is -0.336 e. The molecule has 0 radical (unpaired) electrons. The molecule has 0 spiro atoms. The molecule has 0 aliphatic heterocycles. The van der Waals surface area contributed by atoms with E-state index in [9.17, 15) is 4.79 Å². The molecule has 15 heavy (non-hydrogen) atoms. The maximum absolute atomic E-state index is 11.7. The van der Waals surface area contributed by atoms with Crippen LogP contribution in [-0.2, 0) is 4.79 Å². The zero-order valence-electron chi connectivity index (χ0n) is 9.57. The number of carbonyl (C=O) groups excluding carboxylic acids is 1. The minimum absolute atomic E-state index is 0.160. The van der Waals surface area contributed by atoms with Crippen LogP contribution in [0, 0.1) is 5.41 Å². The van der Waals surface area contributed by atoms with Crippen molar-refractivity contribution in [1.82, 2.24) is 10.2 Å². The van der Waals surface area contributed by atoms with Crippen molar-refractivity contribution in [2.45, 2.75) is 30.7 Å². The van der Waals surface area contributed by atoms with Crippen LogP contribution in [0.4, 0.5) is 0 Å². The van der Waals surface area contributed by atoms with Crippen LogP contribution in [0.5, 0.6) is 0 Å². The van der Waals surface area contributed by atoms with E-state index >= 15 is 0 Å². The quantitative estimate of drug-likeness (QED) is 0.620. The highest BCUT2D eigenvalue weighted by Crippen LogP contribution is 2.31. The topological polar surface area (TPSA) is 32.3 Å². The van der Waals surface area contributed by atoms with Gasteiger partial charge in [-0.3, -0.25) is 9.69 Å². The van der Waals surface area contributed by atoms with E-state index in [0.717, 1.165) is 0 Å². The molecule has 0 aliphatic carbocycles. The van der Waals surface area contributed by atoms with Gasteiger partial charge in [0, 0.05) is 5.41 Å². The number of carbonyl (C=O) groups is 1. The number of alkyl halides is 3. The molecule has 1 atom stereocenters. The molecule has 0 saturated carbocycles. The molecule has 1 N–H and O–H groups in total. The Hall–Kier alpha value is 0.300. The average molecular weight is 276 g/mol. The summed E-state index contributed by atoms with van der Waals surface area (Å²) in [6.45, 7) is 5.40. The fraction of sp³-hybridized carbons (Fsp3) is 0.889. The Labute approximate surface area is 106 Å². The highest BCUT2D eigenvalue weighted by Gasteiger charge is 2.37. The standard InChI is InChI=1S/C9H17Cl3N2O/c1-8(2,3)7(15)13-6(14(4)5)9(10,11)12/h6H,1-5H3,(H,13,15)/t6-/m0/s1. The lowest BCUT2D eigenvalue weighted by molar-refractivity contribution is -0.130. The maximum Gasteiger partial charge on any atom is 0.226 e. The number of rotatable bonds is 2. The van der Waals surface area contributed by atoms with E-state index in [4.69, 9.17) is 34.8 Å². The van der Waals surface area contributed by atoms with Crippen molar-refractivity contribution in [3.05, 3.63) is 0 Å². The lowest BCUT2D eigenvalue weighted by atomic mass is 9.95. The van der Waals surface area contributed by atoms with Crippen molar-refractivity contribution in [2.24, 2.45) is 5.41 Å². The zero-order valence-corrected chi connectivity index (χ0v) is 11.8. The summed E-state index contributed by atoms with van der Waals surface area (Å²) >= 11 is 17.3. The van der Waals surface area contributed by atoms with Gasteiger partial charge in [-0.1, -0.05) is 55.6 Å². The molecule has 1 amide bonds. The molecule has 0 bridgehead atoms. The van der Waals surface area contributed by atoms with E-state index in [1.54, 1.807) is 39.8 Å². The zero-order chi connectivity index (χ0) is 12.4. The maximum atomic E-state index is 11.7. The Morgan fingerprint density at radius 1 is 1.20 bits per heavy atom. The summed E-state index contributed by atoms with van der Waals surface area (Å²) in [6, 6.07) is 0. The van der Waals surface area contributed by atoms with Crippen LogP contribution in [0.2, 0.25) is 0 Å². The Morgan fingerprint density at radius 2 is 1.60 bits per heavy atom. The Morgan fingerprint density at radius 3 is 1.80 bits per heavy atom. The molecule has 0 heterocycles. The van der Waals surface area contributed by atoms with Crippen LogP contribution >= 0.6 is 34.8 Å². The summed E-state index contributed by atoms with van der Waals surface area (Å²) in [5.74, 6) is -0.160. The van der Waals surface area contributed by atoms with E-state index < -0.39 is 15.4 Å². The van der Waals surface area contributed by atoms with E-state index in [2.05, 4.69) is 5.32 Å². The molecule has 0 fully saturated rings. The van der Waals surface area contributed by atoms with E-state index in [-0.39, 0.29) is 5.91 Å². The SMILES string of the molecule is CN(C)[C@H](NC(=O)C(C)(C)C)C(Cl)(Cl)Cl. The largest absolute Gasteiger partial charge is 0.336 e. The van der Waals surface area contributed by atoms with E-state index in [1.807, 2.05) is 0 Å². The van der Waals surface area contributed by atoms with Gasteiger partial charge in [0.1, 0.15) is 6.17 Å². The molecular formula is C9H17Cl3N2O. The lowest BCUT2D eigenvalue weighted by Crippen LogP contribution is -2.55. The van der Waals surface area contributed by atoms with Gasteiger partial charge >= 0.3 is 0 Å². The van der Waals surface area contributed by atoms with E-state index in [0.29, 0.717) is 0 Å². The third-order valence-corrected chi connectivity index (χ3v) is 2.40. The second kappa shape index (κ2) is 5.09. The number of nitrogens with one attached hydrogen (secondary N) is 1. The number of hydrogen-bond donors (Lipinski definition) is 1. The fourth-order valence-electron chi connectivity index (χ4n) is 0.844. The van der Waals surface area contributed by atoms with Gasteiger partial charge in [-0.05, 0) is 14.1 Å². The van der Waals surface area contributed by atoms with Crippen LogP contribution in [0.15, 0.2) is 0 Å². The molecule has 6 heteroatoms. The molecule has 0 aliphatic rings. The van der Waals surface area contributed by atoms with Crippen molar-refractivity contribution in [3.8, 4) is 0 Å². The van der Waals surface area contributed by atoms with Gasteiger partial charge in [0.15, 0.2) is 0 Å². The molecule has 0 aromatic carbocycles. The normalized spacial score (nSPS) is 15.3. The third kappa shape index (κ3) is 5.25. The molecule has 0 saturated heterocycles. The van der Waals surface area contributed by atoms with Gasteiger partial charge in [-0.15, -0.1) is 0 Å². The summed E-state index contributed by atoms with van der Waals surface area (Å²) in [7, 11) is 3.46. The fourth-order valence-corrected chi connectivity index (χ4v) is 1.59. The van der Waals surface area contributed by atoms with Gasteiger partial charge in [0.2, 0.25) is 9.70 Å². The predicted octanol–water partition coefficient (Wildman–Crippen LogP) is 2.41. The molecular weight excluding hydrogens is 258 g/mol. The third-order valence-electron chi connectivity index (χ3n) is 1.78. The Kier molecular flexibility index (Phi) is 5.19. The molecule has 3 nitrogen and oxygen atoms in total. The van der Waals surface area contributed by atoms with Gasteiger partial charge in [0.25, 0.3) is 0 Å². The van der Waals surface area contributed by atoms with Crippen LogP contribution in [0.25, 0.3) is 0 Å². The summed E-state index contributed by atoms with van der Waals surface area (Å²) in [4.78, 5) is 13.4. The summed E-state index contributed by atoms with van der Waals surface area (Å²) in [5, 5.41) is 2.69. The Balaban J connectivity index is 4.66. The first-order valence-corrected chi connectivity index (χ1v) is 5.63. The molecule has 0 rings (SSSR count). The van der Waals surface area contributed by atoms with Gasteiger partial charge in [-0.25, -0.2) is 0 Å². The first-order chi connectivity index (χ1) is 6.46. The minimum atomic E-state index is -1.55. The number of halogens is 3. The van der Waals surface area contributed by atoms with Crippen molar-refractivity contribution in [3.63, 3.8) is 0 Å². The number of amides is 1. The monoisotopic (exact) mass is 274 g/mol. The van der Waals surface area contributed by atoms with Crippen LogP contribution in [-0.4, -0.2) is 34.9 Å². The van der Waals surface area contributed by atoms with Crippen molar-refractivity contribution in [1.29, 1.82) is 0 Å². The summed E-state index contributed by atoms with van der Waals surface area (Å²) in [6.07, 6.45) is -0.644. The molecule has 0 aromatic rings. The van der Waals surface area contributed by atoms with Crippen molar-refractivity contribution < 1.29 is 4.79 Å². The smallest absolute Gasteiger partial charge is 0.226 e. The highest BCUT2D eigenvalue weighted by atomic mass is 35.6. The number of nitrogens with zero attached hydrogens (tertiary/aromatic N) is 1. The average Bonchev–Trinajstić information content (AvgIpc) is 1.94. The van der Waals surface area contributed by atoms with Gasteiger partial charge in [0.05, 0.1) is 0 Å². The van der Waals surface area contributed by atoms with E-state index in [1.165, 1.54) is 0 Å². The van der Waals surface area contributed by atoms with Crippen molar-refractivity contribution in [2.75, 3.05) is 14.1 Å². The Bertz CT molecular complexity index is 230.